The fourth-order valence-electron chi connectivity index (χ4n) is 2.07. The largest absolute Gasteiger partial charge is 0.496 e. The lowest BCUT2D eigenvalue weighted by Gasteiger charge is -2.14. The number of pyridine rings is 1. The SMILES string of the molecule is COc1ccccc1-c1ccc(C#N)c(=O)n1CC(N)=O. The van der Waals surface area contributed by atoms with Crippen molar-refractivity contribution >= 4 is 5.91 Å². The van der Waals surface area contributed by atoms with Crippen LogP contribution in [-0.4, -0.2) is 17.6 Å². The average Bonchev–Trinajstić information content (AvgIpc) is 2.49. The number of rotatable bonds is 4. The van der Waals surface area contributed by atoms with Crippen LogP contribution in [0, 0.1) is 11.3 Å². The molecule has 6 heteroatoms. The van der Waals surface area contributed by atoms with E-state index < -0.39 is 11.5 Å². The van der Waals surface area contributed by atoms with E-state index in [0.717, 1.165) is 0 Å². The molecule has 1 heterocycles. The van der Waals surface area contributed by atoms with E-state index in [2.05, 4.69) is 0 Å². The predicted molar refractivity (Wildman–Crippen MR) is 76.6 cm³/mol. The molecule has 0 fully saturated rings. The van der Waals surface area contributed by atoms with Crippen molar-refractivity contribution in [3.05, 3.63) is 52.3 Å². The first kappa shape index (κ1) is 14.3. The minimum absolute atomic E-state index is 0.0464. The number of hydrogen-bond acceptors (Lipinski definition) is 4. The van der Waals surface area contributed by atoms with Gasteiger partial charge < -0.3 is 10.5 Å². The van der Waals surface area contributed by atoms with Crippen molar-refractivity contribution in [2.24, 2.45) is 5.73 Å². The molecule has 0 spiro atoms. The summed E-state index contributed by atoms with van der Waals surface area (Å²) in [6.45, 7) is -0.304. The van der Waals surface area contributed by atoms with Gasteiger partial charge in [0.15, 0.2) is 0 Å². The molecule has 0 saturated carbocycles. The zero-order valence-electron chi connectivity index (χ0n) is 11.4. The van der Waals surface area contributed by atoms with E-state index in [0.29, 0.717) is 17.0 Å². The number of amides is 1. The van der Waals surface area contributed by atoms with Gasteiger partial charge in [-0.2, -0.15) is 5.26 Å². The molecule has 106 valence electrons. The zero-order valence-corrected chi connectivity index (χ0v) is 11.4. The summed E-state index contributed by atoms with van der Waals surface area (Å²) in [5.74, 6) is -0.108. The highest BCUT2D eigenvalue weighted by Crippen LogP contribution is 2.28. The van der Waals surface area contributed by atoms with E-state index in [1.165, 1.54) is 17.7 Å². The molecule has 6 nitrogen and oxygen atoms in total. The average molecular weight is 283 g/mol. The molecule has 1 aromatic carbocycles. The van der Waals surface area contributed by atoms with Crippen LogP contribution in [0.4, 0.5) is 0 Å². The van der Waals surface area contributed by atoms with Crippen LogP contribution in [0.25, 0.3) is 11.3 Å². The molecule has 0 bridgehead atoms. The fourth-order valence-corrected chi connectivity index (χ4v) is 2.07. The van der Waals surface area contributed by atoms with Gasteiger partial charge in [0.25, 0.3) is 5.56 Å². The highest BCUT2D eigenvalue weighted by Gasteiger charge is 2.14. The molecule has 0 aliphatic rings. The maximum atomic E-state index is 12.2. The summed E-state index contributed by atoms with van der Waals surface area (Å²) >= 11 is 0. The first-order valence-corrected chi connectivity index (χ1v) is 6.14. The number of carbonyl (C=O) groups is 1. The van der Waals surface area contributed by atoms with E-state index in [1.54, 1.807) is 36.4 Å². The van der Waals surface area contributed by atoms with Gasteiger partial charge in [-0.25, -0.2) is 0 Å². The van der Waals surface area contributed by atoms with E-state index in [-0.39, 0.29) is 12.1 Å². The van der Waals surface area contributed by atoms with Crippen molar-refractivity contribution in [1.82, 2.24) is 4.57 Å². The maximum absolute atomic E-state index is 12.2. The Balaban J connectivity index is 2.74. The van der Waals surface area contributed by atoms with Crippen molar-refractivity contribution in [3.63, 3.8) is 0 Å². The number of para-hydroxylation sites is 1. The number of aromatic nitrogens is 1. The van der Waals surface area contributed by atoms with Crippen LogP contribution in [-0.2, 0) is 11.3 Å². The van der Waals surface area contributed by atoms with Crippen molar-refractivity contribution in [2.45, 2.75) is 6.54 Å². The smallest absolute Gasteiger partial charge is 0.269 e. The molecule has 21 heavy (non-hydrogen) atoms. The zero-order chi connectivity index (χ0) is 15.4. The third-order valence-electron chi connectivity index (χ3n) is 2.99. The van der Waals surface area contributed by atoms with Gasteiger partial charge in [0, 0.05) is 5.56 Å². The topological polar surface area (TPSA) is 98.1 Å². The Morgan fingerprint density at radius 3 is 2.67 bits per heavy atom. The van der Waals surface area contributed by atoms with Gasteiger partial charge in [-0.1, -0.05) is 12.1 Å². The Hall–Kier alpha value is -3.07. The standard InChI is InChI=1S/C15H13N3O3/c1-21-13-5-3-2-4-11(13)12-7-6-10(8-16)15(20)18(12)9-14(17)19/h2-7H,9H2,1H3,(H2,17,19). The number of nitrogens with zero attached hydrogens (tertiary/aromatic N) is 2. The highest BCUT2D eigenvalue weighted by atomic mass is 16.5. The van der Waals surface area contributed by atoms with E-state index in [9.17, 15) is 9.59 Å². The summed E-state index contributed by atoms with van der Waals surface area (Å²) in [6, 6.07) is 11.9. The Labute approximate surface area is 121 Å². The van der Waals surface area contributed by atoms with Crippen molar-refractivity contribution in [2.75, 3.05) is 7.11 Å². The number of nitriles is 1. The Morgan fingerprint density at radius 1 is 1.33 bits per heavy atom. The molecule has 0 saturated heterocycles. The van der Waals surface area contributed by atoms with Gasteiger partial charge in [0.2, 0.25) is 5.91 Å². The van der Waals surface area contributed by atoms with Crippen molar-refractivity contribution < 1.29 is 9.53 Å². The van der Waals surface area contributed by atoms with Crippen LogP contribution in [0.15, 0.2) is 41.2 Å². The quantitative estimate of drug-likeness (QED) is 0.900. The Morgan fingerprint density at radius 2 is 2.05 bits per heavy atom. The van der Waals surface area contributed by atoms with E-state index >= 15 is 0 Å². The third kappa shape index (κ3) is 2.77. The van der Waals surface area contributed by atoms with Crippen molar-refractivity contribution in [3.8, 4) is 23.1 Å². The Kier molecular flexibility index (Phi) is 4.05. The first-order valence-electron chi connectivity index (χ1n) is 6.14. The molecule has 0 radical (unpaired) electrons. The molecule has 2 aromatic rings. The molecular weight excluding hydrogens is 270 g/mol. The molecule has 1 aromatic heterocycles. The van der Waals surface area contributed by atoms with Crippen LogP contribution in [0.1, 0.15) is 5.56 Å². The number of hydrogen-bond donors (Lipinski definition) is 1. The monoisotopic (exact) mass is 283 g/mol. The number of nitrogens with two attached hydrogens (primary N) is 1. The van der Waals surface area contributed by atoms with Gasteiger partial charge in [0.1, 0.15) is 23.9 Å². The second-order valence-electron chi connectivity index (χ2n) is 4.30. The number of ether oxygens (including phenoxy) is 1. The summed E-state index contributed by atoms with van der Waals surface area (Å²) < 4.78 is 6.44. The summed E-state index contributed by atoms with van der Waals surface area (Å²) in [5.41, 5.74) is 5.70. The van der Waals surface area contributed by atoms with Crippen LogP contribution < -0.4 is 16.0 Å². The number of primary amides is 1. The molecule has 0 aliphatic heterocycles. The molecular formula is C15H13N3O3. The molecule has 0 unspecified atom stereocenters. The molecule has 0 aliphatic carbocycles. The first-order chi connectivity index (χ1) is 10.1. The number of carbonyl (C=O) groups excluding carboxylic acids is 1. The van der Waals surface area contributed by atoms with Gasteiger partial charge in [-0.3, -0.25) is 14.2 Å². The molecule has 2 N–H and O–H groups in total. The lowest BCUT2D eigenvalue weighted by Crippen LogP contribution is -2.30. The van der Waals surface area contributed by atoms with Gasteiger partial charge >= 0.3 is 0 Å². The fraction of sp³-hybridized carbons (Fsp3) is 0.133. The molecule has 1 amide bonds. The van der Waals surface area contributed by atoms with Gasteiger partial charge in [-0.05, 0) is 24.3 Å². The second-order valence-corrected chi connectivity index (χ2v) is 4.30. The highest BCUT2D eigenvalue weighted by molar-refractivity contribution is 5.75. The maximum Gasteiger partial charge on any atom is 0.269 e. The van der Waals surface area contributed by atoms with Crippen molar-refractivity contribution in [1.29, 1.82) is 5.26 Å². The number of methoxy groups -OCH3 is 1. The molecule has 0 atom stereocenters. The summed E-state index contributed by atoms with van der Waals surface area (Å²) in [4.78, 5) is 23.4. The third-order valence-corrected chi connectivity index (χ3v) is 2.99. The van der Waals surface area contributed by atoms with E-state index in [1.807, 2.05) is 0 Å². The van der Waals surface area contributed by atoms with Crippen LogP contribution in [0.5, 0.6) is 5.75 Å². The summed E-state index contributed by atoms with van der Waals surface area (Å²) in [6.07, 6.45) is 0. The lowest BCUT2D eigenvalue weighted by atomic mass is 10.1. The summed E-state index contributed by atoms with van der Waals surface area (Å²) in [7, 11) is 1.51. The normalized spacial score (nSPS) is 9.90. The van der Waals surface area contributed by atoms with Crippen LogP contribution in [0.2, 0.25) is 0 Å². The molecule has 2 rings (SSSR count). The minimum atomic E-state index is -0.664. The Bertz CT molecular complexity index is 787. The summed E-state index contributed by atoms with van der Waals surface area (Å²) in [5, 5.41) is 8.94. The van der Waals surface area contributed by atoms with Crippen LogP contribution >= 0.6 is 0 Å². The lowest BCUT2D eigenvalue weighted by molar-refractivity contribution is -0.118. The van der Waals surface area contributed by atoms with E-state index in [4.69, 9.17) is 15.7 Å². The second kappa shape index (κ2) is 5.92. The van der Waals surface area contributed by atoms with Gasteiger partial charge in [-0.15, -0.1) is 0 Å². The van der Waals surface area contributed by atoms with Crippen LogP contribution in [0.3, 0.4) is 0 Å². The minimum Gasteiger partial charge on any atom is -0.496 e. The van der Waals surface area contributed by atoms with Gasteiger partial charge in [0.05, 0.1) is 12.8 Å². The predicted octanol–water partition coefficient (Wildman–Crippen LogP) is 0.881. The number of benzene rings is 1.